The molecule has 0 fully saturated rings. The van der Waals surface area contributed by atoms with Crippen LogP contribution in [0.2, 0.25) is 5.02 Å². The lowest BCUT2D eigenvalue weighted by atomic mass is 9.98. The van der Waals surface area contributed by atoms with Crippen LogP contribution in [0.4, 0.5) is 11.5 Å². The molecule has 24 heavy (non-hydrogen) atoms. The van der Waals surface area contributed by atoms with Gasteiger partial charge in [0.15, 0.2) is 0 Å². The van der Waals surface area contributed by atoms with Crippen LogP contribution in [0.1, 0.15) is 48.4 Å². The summed E-state index contributed by atoms with van der Waals surface area (Å²) in [5, 5.41) is 4.08. The maximum Gasteiger partial charge on any atom is 0.140 e. The second kappa shape index (κ2) is 6.34. The zero-order valence-electron chi connectivity index (χ0n) is 14.2. The van der Waals surface area contributed by atoms with Gasteiger partial charge >= 0.3 is 0 Å². The molecule has 2 aromatic rings. The number of hydrogen-bond donors (Lipinski definition) is 1. The topological polar surface area (TPSA) is 41.0 Å². The summed E-state index contributed by atoms with van der Waals surface area (Å²) in [6, 6.07) is 6.26. The van der Waals surface area contributed by atoms with Crippen molar-refractivity contribution < 1.29 is 0 Å². The van der Waals surface area contributed by atoms with Crippen LogP contribution < -0.4 is 10.2 Å². The third-order valence-electron chi connectivity index (χ3n) is 5.37. The van der Waals surface area contributed by atoms with E-state index in [1.165, 1.54) is 28.9 Å². The van der Waals surface area contributed by atoms with Crippen molar-refractivity contribution in [1.29, 1.82) is 0 Å². The van der Waals surface area contributed by atoms with E-state index in [0.29, 0.717) is 11.8 Å². The predicted molar refractivity (Wildman–Crippen MR) is 98.5 cm³/mol. The van der Waals surface area contributed by atoms with Gasteiger partial charge < -0.3 is 10.2 Å². The molecule has 126 valence electrons. The molecule has 2 aliphatic rings. The average Bonchev–Trinajstić information content (AvgIpc) is 3.14. The third kappa shape index (κ3) is 2.58. The van der Waals surface area contributed by atoms with Crippen LogP contribution in [0.15, 0.2) is 24.5 Å². The highest BCUT2D eigenvalue weighted by atomic mass is 35.5. The summed E-state index contributed by atoms with van der Waals surface area (Å²) < 4.78 is 0. The number of fused-ring (bicyclic) bond motifs is 2. The number of halogens is 1. The molecule has 4 rings (SSSR count). The summed E-state index contributed by atoms with van der Waals surface area (Å²) in [5.74, 6) is 2.11. The van der Waals surface area contributed by atoms with Crippen molar-refractivity contribution in [2.75, 3.05) is 25.0 Å². The number of nitrogens with zero attached hydrogens (tertiary/aromatic N) is 3. The van der Waals surface area contributed by atoms with E-state index in [2.05, 4.69) is 39.2 Å². The summed E-state index contributed by atoms with van der Waals surface area (Å²) in [7, 11) is 2.00. The van der Waals surface area contributed by atoms with Crippen molar-refractivity contribution in [2.24, 2.45) is 0 Å². The van der Waals surface area contributed by atoms with Crippen molar-refractivity contribution in [3.05, 3.63) is 46.4 Å². The van der Waals surface area contributed by atoms with E-state index in [1.54, 1.807) is 6.33 Å². The van der Waals surface area contributed by atoms with Gasteiger partial charge in [0.1, 0.15) is 12.1 Å². The van der Waals surface area contributed by atoms with E-state index in [0.717, 1.165) is 36.8 Å². The van der Waals surface area contributed by atoms with Gasteiger partial charge in [0.25, 0.3) is 0 Å². The van der Waals surface area contributed by atoms with Crippen LogP contribution >= 0.6 is 11.6 Å². The van der Waals surface area contributed by atoms with Gasteiger partial charge in [-0.1, -0.05) is 18.5 Å². The molecule has 5 heteroatoms. The fourth-order valence-electron chi connectivity index (χ4n) is 4.12. The number of anilines is 2. The Kier molecular flexibility index (Phi) is 4.19. The Morgan fingerprint density at radius 3 is 3.04 bits per heavy atom. The Morgan fingerprint density at radius 2 is 2.21 bits per heavy atom. The molecule has 0 amide bonds. The second-order valence-corrected chi connectivity index (χ2v) is 7.34. The van der Waals surface area contributed by atoms with Gasteiger partial charge in [-0.2, -0.15) is 0 Å². The fraction of sp³-hybridized carbons (Fsp3) is 0.474. The lowest BCUT2D eigenvalue weighted by Gasteiger charge is -2.23. The number of hydrogen-bond acceptors (Lipinski definition) is 4. The van der Waals surface area contributed by atoms with Crippen LogP contribution in [-0.4, -0.2) is 30.1 Å². The van der Waals surface area contributed by atoms with Crippen LogP contribution in [0, 0.1) is 0 Å². The Labute approximate surface area is 148 Å². The zero-order chi connectivity index (χ0) is 16.7. The van der Waals surface area contributed by atoms with Crippen molar-refractivity contribution in [3.8, 4) is 0 Å². The molecular formula is C19H23ClN4. The molecule has 0 radical (unpaired) electrons. The van der Waals surface area contributed by atoms with Gasteiger partial charge in [-0.15, -0.1) is 0 Å². The first-order valence-electron chi connectivity index (χ1n) is 8.74. The first-order valence-corrected chi connectivity index (χ1v) is 9.12. The number of benzene rings is 1. The summed E-state index contributed by atoms with van der Waals surface area (Å²) in [6.45, 7) is 4.26. The average molecular weight is 343 g/mol. The highest BCUT2D eigenvalue weighted by molar-refractivity contribution is 6.30. The monoisotopic (exact) mass is 342 g/mol. The maximum absolute atomic E-state index is 6.27. The van der Waals surface area contributed by atoms with E-state index in [9.17, 15) is 0 Å². The molecule has 1 N–H and O–H groups in total. The SMILES string of the molecule is CNCC[C@H]1CN(c2ncnc3c2C(C)CC3)c2ccc(Cl)cc21. The summed E-state index contributed by atoms with van der Waals surface area (Å²) in [5.41, 5.74) is 5.16. The lowest BCUT2D eigenvalue weighted by molar-refractivity contribution is 0.620. The Morgan fingerprint density at radius 1 is 1.33 bits per heavy atom. The smallest absolute Gasteiger partial charge is 0.140 e. The van der Waals surface area contributed by atoms with Crippen LogP contribution in [0.3, 0.4) is 0 Å². The fourth-order valence-corrected chi connectivity index (χ4v) is 4.30. The van der Waals surface area contributed by atoms with Crippen molar-refractivity contribution in [2.45, 2.75) is 38.0 Å². The third-order valence-corrected chi connectivity index (χ3v) is 5.61. The van der Waals surface area contributed by atoms with Crippen LogP contribution in [-0.2, 0) is 6.42 Å². The minimum Gasteiger partial charge on any atom is -0.325 e. The van der Waals surface area contributed by atoms with Gasteiger partial charge in [0.2, 0.25) is 0 Å². The predicted octanol–water partition coefficient (Wildman–Crippen LogP) is 4.02. The second-order valence-electron chi connectivity index (χ2n) is 6.90. The quantitative estimate of drug-likeness (QED) is 0.911. The number of aromatic nitrogens is 2. The van der Waals surface area contributed by atoms with Crippen molar-refractivity contribution >= 4 is 23.1 Å². The van der Waals surface area contributed by atoms with E-state index in [1.807, 2.05) is 13.1 Å². The highest BCUT2D eigenvalue weighted by Gasteiger charge is 2.34. The Balaban J connectivity index is 1.77. The van der Waals surface area contributed by atoms with E-state index < -0.39 is 0 Å². The van der Waals surface area contributed by atoms with Gasteiger partial charge in [0, 0.05) is 34.4 Å². The summed E-state index contributed by atoms with van der Waals surface area (Å²) >= 11 is 6.27. The molecule has 1 aromatic carbocycles. The molecule has 0 saturated carbocycles. The van der Waals surface area contributed by atoms with Gasteiger partial charge in [-0.05, 0) is 62.5 Å². The van der Waals surface area contributed by atoms with E-state index in [-0.39, 0.29) is 0 Å². The van der Waals surface area contributed by atoms with Gasteiger partial charge in [-0.3, -0.25) is 0 Å². The molecule has 2 atom stereocenters. The van der Waals surface area contributed by atoms with Gasteiger partial charge in [-0.25, -0.2) is 9.97 Å². The van der Waals surface area contributed by atoms with Crippen molar-refractivity contribution in [1.82, 2.24) is 15.3 Å². The van der Waals surface area contributed by atoms with Crippen LogP contribution in [0.5, 0.6) is 0 Å². The number of nitrogens with one attached hydrogen (secondary N) is 1. The first kappa shape index (κ1) is 15.9. The summed E-state index contributed by atoms with van der Waals surface area (Å²) in [4.78, 5) is 11.6. The highest BCUT2D eigenvalue weighted by Crippen LogP contribution is 2.46. The largest absolute Gasteiger partial charge is 0.325 e. The molecular weight excluding hydrogens is 320 g/mol. The standard InChI is InChI=1S/C19H23ClN4/c1-12-3-5-16-18(12)19(23-11-22-16)24-10-13(7-8-21-2)15-9-14(20)4-6-17(15)24/h4,6,9,11-13,21H,3,5,7-8,10H2,1-2H3/t12?,13-/m0/s1. The van der Waals surface area contributed by atoms with Crippen LogP contribution in [0.25, 0.3) is 0 Å². The minimum atomic E-state index is 0.480. The first-order chi connectivity index (χ1) is 11.7. The minimum absolute atomic E-state index is 0.480. The molecule has 0 bridgehead atoms. The molecule has 0 spiro atoms. The lowest BCUT2D eigenvalue weighted by Crippen LogP contribution is -2.21. The molecule has 1 unspecified atom stereocenters. The molecule has 1 aliphatic heterocycles. The Bertz CT molecular complexity index is 761. The summed E-state index contributed by atoms with van der Waals surface area (Å²) in [6.07, 6.45) is 5.06. The molecule has 0 saturated heterocycles. The zero-order valence-corrected chi connectivity index (χ0v) is 15.0. The molecule has 2 heterocycles. The molecule has 1 aromatic heterocycles. The van der Waals surface area contributed by atoms with E-state index >= 15 is 0 Å². The van der Waals surface area contributed by atoms with Crippen molar-refractivity contribution in [3.63, 3.8) is 0 Å². The van der Waals surface area contributed by atoms with Gasteiger partial charge in [0.05, 0.1) is 0 Å². The molecule has 1 aliphatic carbocycles. The normalized spacial score (nSPS) is 21.9. The van der Waals surface area contributed by atoms with E-state index in [4.69, 9.17) is 11.6 Å². The molecule has 4 nitrogen and oxygen atoms in total. The number of aryl methyl sites for hydroxylation is 1. The Hall–Kier alpha value is -1.65. The number of rotatable bonds is 4. The maximum atomic E-state index is 6.27.